The number of nitrogens with zero attached hydrogens (tertiary/aromatic N) is 1. The number of pyridine rings is 1. The number of nitrogen functional groups attached to an aromatic ring is 1. The van der Waals surface area contributed by atoms with Gasteiger partial charge in [0.1, 0.15) is 0 Å². The van der Waals surface area contributed by atoms with Gasteiger partial charge in [-0.2, -0.15) is 0 Å². The van der Waals surface area contributed by atoms with Crippen molar-refractivity contribution in [3.63, 3.8) is 0 Å². The van der Waals surface area contributed by atoms with Crippen molar-refractivity contribution in [1.82, 2.24) is 4.98 Å². The largest absolute Gasteiger partial charge is 0.399 e. The number of thioether (sulfide) groups is 1. The molecule has 0 aliphatic rings. The van der Waals surface area contributed by atoms with Crippen LogP contribution in [-0.2, 0) is 10.0 Å². The molecule has 2 aromatic rings. The Balaban J connectivity index is 1.91. The maximum Gasteiger partial charge on any atom is 0.233 e. The van der Waals surface area contributed by atoms with Gasteiger partial charge >= 0.3 is 0 Å². The van der Waals surface area contributed by atoms with Crippen LogP contribution in [0.15, 0.2) is 47.5 Å². The predicted molar refractivity (Wildman–Crippen MR) is 88.0 cm³/mol. The highest BCUT2D eigenvalue weighted by molar-refractivity contribution is 8.01. The molecule has 0 spiro atoms. The first kappa shape index (κ1) is 15.7. The fourth-order valence-electron chi connectivity index (χ4n) is 1.68. The number of hydrogen-bond acceptors (Lipinski definition) is 5. The highest BCUT2D eigenvalue weighted by Gasteiger charge is 2.12. The minimum absolute atomic E-state index is 0.0286. The molecular formula is C14H17N3O2S2. The molecule has 5 nitrogen and oxygen atoms in total. The van der Waals surface area contributed by atoms with E-state index in [0.29, 0.717) is 22.8 Å². The summed E-state index contributed by atoms with van der Waals surface area (Å²) in [5.41, 5.74) is 7.53. The fraction of sp³-hybridized carbons (Fsp3) is 0.214. The first-order valence-corrected chi connectivity index (χ1v) is 9.00. The molecule has 3 N–H and O–H groups in total. The van der Waals surface area contributed by atoms with Crippen molar-refractivity contribution in [2.45, 2.75) is 11.8 Å². The molecule has 0 radical (unpaired) electrons. The van der Waals surface area contributed by atoms with E-state index in [1.54, 1.807) is 31.3 Å². The van der Waals surface area contributed by atoms with E-state index in [4.69, 9.17) is 5.73 Å². The minimum atomic E-state index is -3.38. The fourth-order valence-corrected chi connectivity index (χ4v) is 4.18. The third kappa shape index (κ3) is 4.95. The van der Waals surface area contributed by atoms with Gasteiger partial charge in [-0.25, -0.2) is 8.42 Å². The Bertz CT molecular complexity index is 718. The Morgan fingerprint density at radius 1 is 1.29 bits per heavy atom. The lowest BCUT2D eigenvalue weighted by molar-refractivity contribution is 0.602. The normalized spacial score (nSPS) is 11.3. The molecule has 0 unspecified atom stereocenters. The Morgan fingerprint density at radius 3 is 2.81 bits per heavy atom. The second-order valence-corrected chi connectivity index (χ2v) is 7.49. The van der Waals surface area contributed by atoms with Crippen molar-refractivity contribution in [2.24, 2.45) is 0 Å². The topological polar surface area (TPSA) is 85.1 Å². The van der Waals surface area contributed by atoms with E-state index in [1.807, 2.05) is 18.2 Å². The molecule has 1 aromatic carbocycles. The monoisotopic (exact) mass is 323 g/mol. The molecule has 0 bridgehead atoms. The van der Waals surface area contributed by atoms with Gasteiger partial charge < -0.3 is 5.73 Å². The molecule has 7 heteroatoms. The van der Waals surface area contributed by atoms with Crippen LogP contribution in [0.4, 0.5) is 11.4 Å². The zero-order valence-electron chi connectivity index (χ0n) is 11.6. The van der Waals surface area contributed by atoms with Gasteiger partial charge in [0, 0.05) is 22.5 Å². The van der Waals surface area contributed by atoms with Crippen LogP contribution in [0.25, 0.3) is 0 Å². The SMILES string of the molecule is Cc1ncccc1NS(=O)(=O)CCSc1cccc(N)c1. The van der Waals surface area contributed by atoms with Crippen molar-refractivity contribution in [3.8, 4) is 0 Å². The highest BCUT2D eigenvalue weighted by Crippen LogP contribution is 2.21. The van der Waals surface area contributed by atoms with E-state index < -0.39 is 10.0 Å². The summed E-state index contributed by atoms with van der Waals surface area (Å²) in [6.07, 6.45) is 1.63. The van der Waals surface area contributed by atoms with Crippen LogP contribution < -0.4 is 10.5 Å². The van der Waals surface area contributed by atoms with E-state index in [-0.39, 0.29) is 5.75 Å². The van der Waals surface area contributed by atoms with Crippen molar-refractivity contribution < 1.29 is 8.42 Å². The number of nitrogens with one attached hydrogen (secondary N) is 1. The van der Waals surface area contributed by atoms with Crippen LogP contribution in [0.5, 0.6) is 0 Å². The molecule has 112 valence electrons. The highest BCUT2D eigenvalue weighted by atomic mass is 32.2. The Labute approximate surface area is 129 Å². The van der Waals surface area contributed by atoms with E-state index in [9.17, 15) is 8.42 Å². The second-order valence-electron chi connectivity index (χ2n) is 4.48. The zero-order chi connectivity index (χ0) is 15.3. The first-order valence-electron chi connectivity index (χ1n) is 6.37. The van der Waals surface area contributed by atoms with Crippen LogP contribution in [0, 0.1) is 6.92 Å². The van der Waals surface area contributed by atoms with Gasteiger partial charge in [-0.3, -0.25) is 9.71 Å². The molecule has 1 heterocycles. The molecular weight excluding hydrogens is 306 g/mol. The summed E-state index contributed by atoms with van der Waals surface area (Å²) < 4.78 is 26.6. The Hall–Kier alpha value is -1.73. The van der Waals surface area contributed by atoms with Gasteiger partial charge in [0.25, 0.3) is 0 Å². The van der Waals surface area contributed by atoms with Crippen molar-refractivity contribution in [1.29, 1.82) is 0 Å². The molecule has 1 aromatic heterocycles. The number of nitrogens with two attached hydrogens (primary N) is 1. The smallest absolute Gasteiger partial charge is 0.233 e. The third-order valence-corrected chi connectivity index (χ3v) is 5.28. The number of hydrogen-bond donors (Lipinski definition) is 2. The predicted octanol–water partition coefficient (Wildman–Crippen LogP) is 2.51. The van der Waals surface area contributed by atoms with Crippen molar-refractivity contribution in [2.75, 3.05) is 22.0 Å². The Kier molecular flexibility index (Phi) is 5.08. The van der Waals surface area contributed by atoms with E-state index >= 15 is 0 Å². The first-order chi connectivity index (χ1) is 9.96. The zero-order valence-corrected chi connectivity index (χ0v) is 13.2. The van der Waals surface area contributed by atoms with Gasteiger partial charge in [0.2, 0.25) is 10.0 Å². The summed E-state index contributed by atoms with van der Waals surface area (Å²) in [4.78, 5) is 5.02. The lowest BCUT2D eigenvalue weighted by Crippen LogP contribution is -2.18. The van der Waals surface area contributed by atoms with Gasteiger partial charge in [0.05, 0.1) is 17.1 Å². The number of rotatable bonds is 6. The summed E-state index contributed by atoms with van der Waals surface area (Å²) in [7, 11) is -3.38. The maximum atomic E-state index is 12.0. The Morgan fingerprint density at radius 2 is 2.10 bits per heavy atom. The summed E-state index contributed by atoms with van der Waals surface area (Å²) in [6, 6.07) is 10.8. The molecule has 21 heavy (non-hydrogen) atoms. The van der Waals surface area contributed by atoms with Gasteiger partial charge in [-0.15, -0.1) is 11.8 Å². The van der Waals surface area contributed by atoms with Gasteiger partial charge in [0.15, 0.2) is 0 Å². The summed E-state index contributed by atoms with van der Waals surface area (Å²) in [5, 5.41) is 0. The molecule has 0 saturated heterocycles. The van der Waals surface area contributed by atoms with Crippen molar-refractivity contribution in [3.05, 3.63) is 48.3 Å². The maximum absolute atomic E-state index is 12.0. The molecule has 0 amide bonds. The molecule has 2 rings (SSSR count). The summed E-state index contributed by atoms with van der Waals surface area (Å²) in [5.74, 6) is 0.485. The standard InChI is InChI=1S/C14H17N3O2S2/c1-11-14(6-3-7-16-11)17-21(18,19)9-8-20-13-5-2-4-12(15)10-13/h2-7,10,17H,8-9,15H2,1H3. The number of anilines is 2. The van der Waals surface area contributed by atoms with Crippen molar-refractivity contribution >= 4 is 33.2 Å². The lowest BCUT2D eigenvalue weighted by Gasteiger charge is -2.09. The number of aromatic nitrogens is 1. The molecule has 0 fully saturated rings. The molecule has 0 atom stereocenters. The summed E-state index contributed by atoms with van der Waals surface area (Å²) in [6.45, 7) is 1.76. The lowest BCUT2D eigenvalue weighted by atomic mass is 10.3. The summed E-state index contributed by atoms with van der Waals surface area (Å²) >= 11 is 1.46. The van der Waals surface area contributed by atoms with Crippen LogP contribution in [0.1, 0.15) is 5.69 Å². The number of benzene rings is 1. The third-order valence-electron chi connectivity index (χ3n) is 2.75. The van der Waals surface area contributed by atoms with Crippen LogP contribution in [0.2, 0.25) is 0 Å². The van der Waals surface area contributed by atoms with E-state index in [0.717, 1.165) is 4.90 Å². The quantitative estimate of drug-likeness (QED) is 0.630. The molecule has 0 aliphatic heterocycles. The van der Waals surface area contributed by atoms with Crippen LogP contribution >= 0.6 is 11.8 Å². The van der Waals surface area contributed by atoms with Crippen LogP contribution in [0.3, 0.4) is 0 Å². The average molecular weight is 323 g/mol. The van der Waals surface area contributed by atoms with E-state index in [2.05, 4.69) is 9.71 Å². The molecule has 0 aliphatic carbocycles. The number of aryl methyl sites for hydroxylation is 1. The van der Waals surface area contributed by atoms with E-state index in [1.165, 1.54) is 11.8 Å². The second kappa shape index (κ2) is 6.82. The van der Waals surface area contributed by atoms with Gasteiger partial charge in [-0.1, -0.05) is 6.07 Å². The van der Waals surface area contributed by atoms with Crippen LogP contribution in [-0.4, -0.2) is 24.9 Å². The number of sulfonamides is 1. The molecule has 0 saturated carbocycles. The van der Waals surface area contributed by atoms with Gasteiger partial charge in [-0.05, 0) is 37.3 Å². The average Bonchev–Trinajstić information content (AvgIpc) is 2.41. The minimum Gasteiger partial charge on any atom is -0.399 e.